The van der Waals surface area contributed by atoms with E-state index < -0.39 is 0 Å². The van der Waals surface area contributed by atoms with E-state index in [1.54, 1.807) is 12.0 Å². The number of hydrogen-bond acceptors (Lipinski definition) is 3. The SMILES string of the molecule is COCCN(CC(=O)N(Cc1cccn1Cc1ccccc1)C1CC1)C(=O)Cc1ccccc1. The molecule has 0 radical (unpaired) electrons. The van der Waals surface area contributed by atoms with Gasteiger partial charge in [0.2, 0.25) is 11.8 Å². The van der Waals surface area contributed by atoms with Gasteiger partial charge in [-0.25, -0.2) is 0 Å². The first-order valence-corrected chi connectivity index (χ1v) is 11.9. The number of rotatable bonds is 12. The van der Waals surface area contributed by atoms with Gasteiger partial charge in [0.15, 0.2) is 0 Å². The lowest BCUT2D eigenvalue weighted by Gasteiger charge is -2.28. The maximum Gasteiger partial charge on any atom is 0.242 e. The molecule has 1 aliphatic rings. The van der Waals surface area contributed by atoms with Gasteiger partial charge in [-0.1, -0.05) is 60.7 Å². The zero-order chi connectivity index (χ0) is 23.8. The normalized spacial score (nSPS) is 13.0. The van der Waals surface area contributed by atoms with Crippen molar-refractivity contribution in [1.29, 1.82) is 0 Å². The van der Waals surface area contributed by atoms with Gasteiger partial charge in [-0.05, 0) is 36.1 Å². The lowest BCUT2D eigenvalue weighted by molar-refractivity contribution is -0.141. The number of hydrogen-bond donors (Lipinski definition) is 0. The van der Waals surface area contributed by atoms with Crippen molar-refractivity contribution in [2.24, 2.45) is 0 Å². The van der Waals surface area contributed by atoms with Crippen molar-refractivity contribution in [2.75, 3.05) is 26.8 Å². The Bertz CT molecular complexity index is 1060. The van der Waals surface area contributed by atoms with Crippen molar-refractivity contribution in [3.8, 4) is 0 Å². The van der Waals surface area contributed by atoms with E-state index in [1.165, 1.54) is 5.56 Å². The quantitative estimate of drug-likeness (QED) is 0.415. The van der Waals surface area contributed by atoms with Crippen LogP contribution >= 0.6 is 0 Å². The minimum atomic E-state index is -0.0557. The highest BCUT2D eigenvalue weighted by Crippen LogP contribution is 2.29. The van der Waals surface area contributed by atoms with Crippen LogP contribution < -0.4 is 0 Å². The van der Waals surface area contributed by atoms with Crippen LogP contribution in [0.2, 0.25) is 0 Å². The van der Waals surface area contributed by atoms with E-state index in [1.807, 2.05) is 59.5 Å². The highest BCUT2D eigenvalue weighted by molar-refractivity contribution is 5.86. The zero-order valence-electron chi connectivity index (χ0n) is 19.8. The highest BCUT2D eigenvalue weighted by atomic mass is 16.5. The fraction of sp³-hybridized carbons (Fsp3) is 0.357. The fourth-order valence-corrected chi connectivity index (χ4v) is 4.14. The maximum atomic E-state index is 13.4. The molecule has 0 bridgehead atoms. The van der Waals surface area contributed by atoms with Crippen molar-refractivity contribution in [2.45, 2.75) is 38.4 Å². The predicted octanol–water partition coefficient (Wildman–Crippen LogP) is 3.75. The molecule has 4 rings (SSSR count). The Morgan fingerprint density at radius 2 is 1.59 bits per heavy atom. The standard InChI is InChI=1S/C28H33N3O3/c1-34-18-17-30(27(32)19-23-9-4-2-5-10-23)22-28(33)31(25-14-15-25)21-26-13-8-16-29(26)20-24-11-6-3-7-12-24/h2-13,16,25H,14-15,17-22H2,1H3. The fourth-order valence-electron chi connectivity index (χ4n) is 4.14. The number of carbonyl (C=O) groups is 2. The molecule has 6 heteroatoms. The lowest BCUT2D eigenvalue weighted by atomic mass is 10.1. The number of carbonyl (C=O) groups excluding carboxylic acids is 2. The third-order valence-electron chi connectivity index (χ3n) is 6.20. The van der Waals surface area contributed by atoms with Gasteiger partial charge in [0, 0.05) is 38.1 Å². The molecular formula is C28H33N3O3. The minimum absolute atomic E-state index is 0.00697. The first-order valence-electron chi connectivity index (χ1n) is 11.9. The molecule has 0 aliphatic heterocycles. The summed E-state index contributed by atoms with van der Waals surface area (Å²) in [5, 5.41) is 0. The first-order chi connectivity index (χ1) is 16.6. The molecule has 6 nitrogen and oxygen atoms in total. The summed E-state index contributed by atoms with van der Waals surface area (Å²) in [7, 11) is 1.61. The number of ether oxygens (including phenoxy) is 1. The van der Waals surface area contributed by atoms with Crippen LogP contribution in [-0.2, 0) is 33.8 Å². The molecule has 1 saturated carbocycles. The van der Waals surface area contributed by atoms with Gasteiger partial charge in [-0.3, -0.25) is 9.59 Å². The average Bonchev–Trinajstić information content (AvgIpc) is 3.61. The third-order valence-corrected chi connectivity index (χ3v) is 6.20. The van der Waals surface area contributed by atoms with Crippen LogP contribution in [0.3, 0.4) is 0 Å². The Balaban J connectivity index is 1.43. The van der Waals surface area contributed by atoms with Gasteiger partial charge in [0.25, 0.3) is 0 Å². The molecule has 1 heterocycles. The summed E-state index contributed by atoms with van der Waals surface area (Å²) in [6, 6.07) is 24.3. The third kappa shape index (κ3) is 6.58. The molecule has 0 spiro atoms. The van der Waals surface area contributed by atoms with Gasteiger partial charge in [0.05, 0.1) is 26.1 Å². The number of nitrogens with zero attached hydrogens (tertiary/aromatic N) is 3. The van der Waals surface area contributed by atoms with Crippen LogP contribution in [-0.4, -0.2) is 59.0 Å². The van der Waals surface area contributed by atoms with E-state index >= 15 is 0 Å². The topological polar surface area (TPSA) is 54.8 Å². The van der Waals surface area contributed by atoms with Crippen LogP contribution in [0.4, 0.5) is 0 Å². The smallest absolute Gasteiger partial charge is 0.242 e. The lowest BCUT2D eigenvalue weighted by Crippen LogP contribution is -2.45. The van der Waals surface area contributed by atoms with Crippen LogP contribution in [0, 0.1) is 0 Å². The second kappa shape index (κ2) is 11.7. The van der Waals surface area contributed by atoms with Gasteiger partial charge < -0.3 is 19.1 Å². The molecule has 178 valence electrons. The van der Waals surface area contributed by atoms with E-state index in [2.05, 4.69) is 29.0 Å². The molecular weight excluding hydrogens is 426 g/mol. The number of amides is 2. The molecule has 0 N–H and O–H groups in total. The maximum absolute atomic E-state index is 13.4. The summed E-state index contributed by atoms with van der Waals surface area (Å²) in [4.78, 5) is 30.1. The molecule has 0 saturated heterocycles. The minimum Gasteiger partial charge on any atom is -0.383 e. The summed E-state index contributed by atoms with van der Waals surface area (Å²) in [5.74, 6) is -0.0627. The van der Waals surface area contributed by atoms with Crippen LogP contribution in [0.25, 0.3) is 0 Å². The molecule has 2 aromatic carbocycles. The zero-order valence-corrected chi connectivity index (χ0v) is 19.8. The van der Waals surface area contributed by atoms with E-state index in [-0.39, 0.29) is 30.8 Å². The Morgan fingerprint density at radius 3 is 2.24 bits per heavy atom. The van der Waals surface area contributed by atoms with Crippen LogP contribution in [0.1, 0.15) is 29.7 Å². The second-order valence-corrected chi connectivity index (χ2v) is 8.84. The summed E-state index contributed by atoms with van der Waals surface area (Å²) in [6.45, 7) is 2.19. The summed E-state index contributed by atoms with van der Waals surface area (Å²) < 4.78 is 7.41. The average molecular weight is 460 g/mol. The molecule has 1 fully saturated rings. The monoisotopic (exact) mass is 459 g/mol. The van der Waals surface area contributed by atoms with E-state index in [0.29, 0.717) is 19.7 Å². The van der Waals surface area contributed by atoms with E-state index in [9.17, 15) is 9.59 Å². The van der Waals surface area contributed by atoms with Crippen LogP contribution in [0.15, 0.2) is 79.0 Å². The number of methoxy groups -OCH3 is 1. The Hall–Kier alpha value is -3.38. The molecule has 2 amide bonds. The molecule has 0 unspecified atom stereocenters. The van der Waals surface area contributed by atoms with Crippen molar-refractivity contribution in [3.05, 3.63) is 95.8 Å². The van der Waals surface area contributed by atoms with Gasteiger partial charge in [-0.15, -0.1) is 0 Å². The Kier molecular flexibility index (Phi) is 8.15. The molecule has 3 aromatic rings. The van der Waals surface area contributed by atoms with Crippen LogP contribution in [0.5, 0.6) is 0 Å². The van der Waals surface area contributed by atoms with E-state index in [4.69, 9.17) is 4.74 Å². The largest absolute Gasteiger partial charge is 0.383 e. The van der Waals surface area contributed by atoms with Crippen molar-refractivity contribution >= 4 is 11.8 Å². The number of benzene rings is 2. The first kappa shape index (κ1) is 23.8. The Labute approximate surface area is 201 Å². The Morgan fingerprint density at radius 1 is 0.912 bits per heavy atom. The van der Waals surface area contributed by atoms with Crippen molar-refractivity contribution < 1.29 is 14.3 Å². The molecule has 1 aromatic heterocycles. The molecule has 1 aliphatic carbocycles. The second-order valence-electron chi connectivity index (χ2n) is 8.84. The van der Waals surface area contributed by atoms with Crippen molar-refractivity contribution in [1.82, 2.24) is 14.4 Å². The molecule has 34 heavy (non-hydrogen) atoms. The van der Waals surface area contributed by atoms with Crippen molar-refractivity contribution in [3.63, 3.8) is 0 Å². The predicted molar refractivity (Wildman–Crippen MR) is 132 cm³/mol. The highest BCUT2D eigenvalue weighted by Gasteiger charge is 2.34. The summed E-state index contributed by atoms with van der Waals surface area (Å²) >= 11 is 0. The van der Waals surface area contributed by atoms with Gasteiger partial charge in [0.1, 0.15) is 0 Å². The summed E-state index contributed by atoms with van der Waals surface area (Å²) in [6.07, 6.45) is 4.37. The summed E-state index contributed by atoms with van der Waals surface area (Å²) in [5.41, 5.74) is 3.27. The van der Waals surface area contributed by atoms with E-state index in [0.717, 1.165) is 30.6 Å². The van der Waals surface area contributed by atoms with Gasteiger partial charge >= 0.3 is 0 Å². The van der Waals surface area contributed by atoms with Gasteiger partial charge in [-0.2, -0.15) is 0 Å². The number of aromatic nitrogens is 1. The molecule has 0 atom stereocenters.